The summed E-state index contributed by atoms with van der Waals surface area (Å²) in [5.74, 6) is -0.622. The largest absolute Gasteiger partial charge is 0.363 e. The molecule has 160 valence electrons. The molecule has 1 amide bonds. The van der Waals surface area contributed by atoms with Crippen LogP contribution in [0.2, 0.25) is 0 Å². The first-order chi connectivity index (χ1) is 14.7. The van der Waals surface area contributed by atoms with E-state index in [0.717, 1.165) is 33.5 Å². The first kappa shape index (κ1) is 21.8. The molecular weight excluding hydrogens is 477 g/mol. The number of carbonyl (C=O) groups excluding carboxylic acids is 1. The van der Waals surface area contributed by atoms with Crippen LogP contribution < -0.4 is 10.2 Å². The molecule has 2 aliphatic heterocycles. The summed E-state index contributed by atoms with van der Waals surface area (Å²) in [5.41, 5.74) is 3.91. The second-order valence-electron chi connectivity index (χ2n) is 8.07. The number of hydrogen-bond donors (Lipinski definition) is 1. The molecule has 0 aliphatic carbocycles. The maximum Gasteiger partial charge on any atom is 0.264 e. The molecular formula is C24H23BrFN3OS. The van der Waals surface area contributed by atoms with E-state index in [4.69, 9.17) is 0 Å². The molecule has 0 spiro atoms. The second kappa shape index (κ2) is 8.28. The predicted molar refractivity (Wildman–Crippen MR) is 132 cm³/mol. The number of nitrogens with one attached hydrogen (secondary N) is 1. The van der Waals surface area contributed by atoms with Crippen molar-refractivity contribution in [3.05, 3.63) is 68.8 Å². The third-order valence-corrected chi connectivity index (χ3v) is 6.85. The van der Waals surface area contributed by atoms with E-state index < -0.39 is 0 Å². The van der Waals surface area contributed by atoms with Crippen molar-refractivity contribution in [1.29, 1.82) is 0 Å². The van der Waals surface area contributed by atoms with Gasteiger partial charge in [0.15, 0.2) is 5.17 Å². The van der Waals surface area contributed by atoms with Crippen molar-refractivity contribution in [2.24, 2.45) is 4.99 Å². The normalized spacial score (nSPS) is 20.1. The second-order valence-corrected chi connectivity index (χ2v) is 10.0. The number of likely N-dealkylation sites (N-methyl/N-ethyl adjacent to an activating group) is 1. The van der Waals surface area contributed by atoms with Crippen LogP contribution in [0.5, 0.6) is 0 Å². The van der Waals surface area contributed by atoms with E-state index in [2.05, 4.69) is 58.0 Å². The highest BCUT2D eigenvalue weighted by Crippen LogP contribution is 2.40. The Labute approximate surface area is 194 Å². The van der Waals surface area contributed by atoms with E-state index in [1.165, 1.54) is 11.8 Å². The van der Waals surface area contributed by atoms with Crippen LogP contribution in [0.1, 0.15) is 38.8 Å². The average molecular weight is 500 g/mol. The summed E-state index contributed by atoms with van der Waals surface area (Å²) in [6.07, 6.45) is 3.80. The summed E-state index contributed by atoms with van der Waals surface area (Å²) in [4.78, 5) is 19.5. The van der Waals surface area contributed by atoms with Gasteiger partial charge in [-0.25, -0.2) is 9.38 Å². The monoisotopic (exact) mass is 499 g/mol. The SMILES string of the molecule is CCN1c2cc(F)c(/C=C3/SC(=Nc4ccc(Br)cc4)NC3=O)cc2C(C)=CC1(C)C. The molecule has 0 bridgehead atoms. The zero-order valence-electron chi connectivity index (χ0n) is 17.8. The number of carbonyl (C=O) groups is 1. The number of allylic oxidation sites excluding steroid dienone is 1. The molecule has 0 radical (unpaired) electrons. The van der Waals surface area contributed by atoms with Gasteiger partial charge in [0.1, 0.15) is 5.82 Å². The highest BCUT2D eigenvalue weighted by molar-refractivity contribution is 9.10. The number of anilines is 1. The molecule has 1 fully saturated rings. The zero-order chi connectivity index (χ0) is 22.3. The Bertz CT molecular complexity index is 1150. The summed E-state index contributed by atoms with van der Waals surface area (Å²) in [6, 6.07) is 10.9. The van der Waals surface area contributed by atoms with Crippen LogP contribution in [0.4, 0.5) is 15.8 Å². The average Bonchev–Trinajstić information content (AvgIpc) is 3.03. The van der Waals surface area contributed by atoms with Crippen molar-refractivity contribution in [1.82, 2.24) is 5.32 Å². The van der Waals surface area contributed by atoms with Gasteiger partial charge in [0.25, 0.3) is 5.91 Å². The van der Waals surface area contributed by atoms with Gasteiger partial charge in [0, 0.05) is 27.8 Å². The third kappa shape index (κ3) is 4.34. The Morgan fingerprint density at radius 2 is 1.97 bits per heavy atom. The topological polar surface area (TPSA) is 44.7 Å². The molecule has 4 nitrogen and oxygen atoms in total. The van der Waals surface area contributed by atoms with E-state index in [-0.39, 0.29) is 17.3 Å². The lowest BCUT2D eigenvalue weighted by atomic mass is 9.88. The number of benzene rings is 2. The molecule has 0 unspecified atom stereocenters. The van der Waals surface area contributed by atoms with E-state index >= 15 is 4.39 Å². The van der Waals surface area contributed by atoms with E-state index in [1.54, 1.807) is 12.1 Å². The van der Waals surface area contributed by atoms with Crippen molar-refractivity contribution in [2.75, 3.05) is 11.4 Å². The Morgan fingerprint density at radius 3 is 2.65 bits per heavy atom. The van der Waals surface area contributed by atoms with Gasteiger partial charge in [-0.1, -0.05) is 22.0 Å². The van der Waals surface area contributed by atoms with Crippen LogP contribution in [-0.4, -0.2) is 23.2 Å². The lowest BCUT2D eigenvalue weighted by Crippen LogP contribution is -2.45. The number of rotatable bonds is 3. The van der Waals surface area contributed by atoms with E-state index in [1.807, 2.05) is 37.3 Å². The number of fused-ring (bicyclic) bond motifs is 1. The van der Waals surface area contributed by atoms with Crippen LogP contribution in [0.25, 0.3) is 11.6 Å². The van der Waals surface area contributed by atoms with Crippen molar-refractivity contribution in [3.8, 4) is 0 Å². The number of aliphatic imine (C=N–C) groups is 1. The molecule has 31 heavy (non-hydrogen) atoms. The Morgan fingerprint density at radius 1 is 1.26 bits per heavy atom. The quantitative estimate of drug-likeness (QED) is 0.490. The molecule has 7 heteroatoms. The van der Waals surface area contributed by atoms with Gasteiger partial charge in [-0.3, -0.25) is 4.79 Å². The number of nitrogens with zero attached hydrogens (tertiary/aromatic N) is 2. The van der Waals surface area contributed by atoms with Crippen LogP contribution in [0.15, 0.2) is 56.8 Å². The maximum atomic E-state index is 15.1. The Hall–Kier alpha value is -2.38. The maximum absolute atomic E-state index is 15.1. The zero-order valence-corrected chi connectivity index (χ0v) is 20.2. The fourth-order valence-corrected chi connectivity index (χ4v) is 5.15. The molecule has 1 saturated heterocycles. The van der Waals surface area contributed by atoms with Gasteiger partial charge >= 0.3 is 0 Å². The summed E-state index contributed by atoms with van der Waals surface area (Å²) >= 11 is 4.60. The summed E-state index contributed by atoms with van der Waals surface area (Å²) in [6.45, 7) is 9.14. The van der Waals surface area contributed by atoms with Gasteiger partial charge in [-0.05, 0) is 87.5 Å². The first-order valence-corrected chi connectivity index (χ1v) is 11.6. The summed E-state index contributed by atoms with van der Waals surface area (Å²) in [5, 5.41) is 3.24. The smallest absolute Gasteiger partial charge is 0.264 e. The third-order valence-electron chi connectivity index (χ3n) is 5.41. The molecule has 2 aromatic rings. The molecule has 0 aromatic heterocycles. The Balaban J connectivity index is 1.67. The Kier molecular flexibility index (Phi) is 5.83. The molecule has 2 aliphatic rings. The van der Waals surface area contributed by atoms with Crippen LogP contribution >= 0.6 is 27.7 Å². The van der Waals surface area contributed by atoms with Crippen LogP contribution in [0, 0.1) is 5.82 Å². The van der Waals surface area contributed by atoms with Gasteiger partial charge in [-0.15, -0.1) is 0 Å². The summed E-state index contributed by atoms with van der Waals surface area (Å²) < 4.78 is 16.0. The first-order valence-electron chi connectivity index (χ1n) is 10.0. The van der Waals surface area contributed by atoms with Crippen molar-refractivity contribution in [2.45, 2.75) is 33.2 Å². The molecule has 0 saturated carbocycles. The molecule has 2 aromatic carbocycles. The van der Waals surface area contributed by atoms with Crippen molar-refractivity contribution in [3.63, 3.8) is 0 Å². The van der Waals surface area contributed by atoms with Crippen LogP contribution in [-0.2, 0) is 4.79 Å². The number of thioether (sulfide) groups is 1. The van der Waals surface area contributed by atoms with Crippen LogP contribution in [0.3, 0.4) is 0 Å². The highest BCUT2D eigenvalue weighted by Gasteiger charge is 2.31. The van der Waals surface area contributed by atoms with Crippen molar-refractivity contribution < 1.29 is 9.18 Å². The number of hydrogen-bond acceptors (Lipinski definition) is 4. The standard InChI is InChI=1S/C24H23BrFN3OS/c1-5-29-20-12-19(26)15(10-18(20)14(2)13-24(29,3)4)11-21-22(30)28-23(31-21)27-17-8-6-16(25)7-9-17/h6-13H,5H2,1-4H3,(H,27,28,30)/b21-11+. The molecule has 1 N–H and O–H groups in total. The molecule has 4 rings (SSSR count). The van der Waals surface area contributed by atoms with Gasteiger partial charge in [0.2, 0.25) is 0 Å². The minimum Gasteiger partial charge on any atom is -0.363 e. The van der Waals surface area contributed by atoms with Gasteiger partial charge < -0.3 is 10.2 Å². The lowest BCUT2D eigenvalue weighted by Gasteiger charge is -2.42. The lowest BCUT2D eigenvalue weighted by molar-refractivity contribution is -0.115. The minimum absolute atomic E-state index is 0.183. The minimum atomic E-state index is -0.345. The summed E-state index contributed by atoms with van der Waals surface area (Å²) in [7, 11) is 0. The van der Waals surface area contributed by atoms with Gasteiger partial charge in [-0.2, -0.15) is 0 Å². The molecule has 0 atom stereocenters. The highest BCUT2D eigenvalue weighted by atomic mass is 79.9. The fourth-order valence-electron chi connectivity index (χ4n) is 4.06. The van der Waals surface area contributed by atoms with E-state index in [9.17, 15) is 4.79 Å². The fraction of sp³-hybridized carbons (Fsp3) is 0.250. The van der Waals surface area contributed by atoms with E-state index in [0.29, 0.717) is 15.6 Å². The number of halogens is 2. The predicted octanol–water partition coefficient (Wildman–Crippen LogP) is 6.50. The number of amides is 1. The van der Waals surface area contributed by atoms with Crippen molar-refractivity contribution >= 4 is 61.8 Å². The number of amidine groups is 1. The molecule has 2 heterocycles. The van der Waals surface area contributed by atoms with Gasteiger partial charge in [0.05, 0.1) is 16.1 Å².